The number of nitrogens with two attached hydrogens (primary N) is 1. The minimum absolute atomic E-state index is 0. The van der Waals surface area contributed by atoms with Crippen molar-refractivity contribution in [1.82, 2.24) is 15.5 Å². The normalized spacial score (nSPS) is 16.4. The molecule has 1 aromatic heterocycles. The second-order valence-corrected chi connectivity index (χ2v) is 5.72. The zero-order valence-electron chi connectivity index (χ0n) is 12.0. The minimum Gasteiger partial charge on any atom is -0.356 e. The second-order valence-electron chi connectivity index (χ2n) is 5.72. The number of hydrogen-bond acceptors (Lipinski definition) is 5. The van der Waals surface area contributed by atoms with Gasteiger partial charge < -0.3 is 15.6 Å². The van der Waals surface area contributed by atoms with Crippen LogP contribution in [0.4, 0.5) is 0 Å². The Morgan fingerprint density at radius 2 is 2.20 bits per heavy atom. The van der Waals surface area contributed by atoms with E-state index in [-0.39, 0.29) is 23.9 Å². The van der Waals surface area contributed by atoms with Gasteiger partial charge in [-0.2, -0.15) is 4.98 Å². The van der Waals surface area contributed by atoms with Crippen molar-refractivity contribution in [2.45, 2.75) is 51.5 Å². The maximum atomic E-state index is 11.5. The standard InChI is InChI=1S/C13H22N4O2.ClH/c1-9(2)8-10(18)15-7-4-11-16-12(17-19-11)13(14)5-3-6-13;/h9H,3-8,14H2,1-2H3,(H,15,18);1H. The van der Waals surface area contributed by atoms with Gasteiger partial charge in [-0.3, -0.25) is 4.79 Å². The third kappa shape index (κ3) is 4.18. The molecule has 20 heavy (non-hydrogen) atoms. The topological polar surface area (TPSA) is 94.0 Å². The first-order valence-corrected chi connectivity index (χ1v) is 6.88. The van der Waals surface area contributed by atoms with Gasteiger partial charge in [0.05, 0.1) is 5.54 Å². The maximum absolute atomic E-state index is 11.5. The van der Waals surface area contributed by atoms with E-state index >= 15 is 0 Å². The lowest BCUT2D eigenvalue weighted by atomic mass is 9.77. The van der Waals surface area contributed by atoms with Crippen LogP contribution in [-0.2, 0) is 16.8 Å². The van der Waals surface area contributed by atoms with Crippen molar-refractivity contribution in [3.63, 3.8) is 0 Å². The Labute approximate surface area is 125 Å². The fourth-order valence-corrected chi connectivity index (χ4v) is 2.09. The number of aromatic nitrogens is 2. The van der Waals surface area contributed by atoms with Gasteiger partial charge in [-0.15, -0.1) is 12.4 Å². The first kappa shape index (κ1) is 16.9. The summed E-state index contributed by atoms with van der Waals surface area (Å²) in [4.78, 5) is 15.8. The highest BCUT2D eigenvalue weighted by atomic mass is 35.5. The number of rotatable bonds is 6. The van der Waals surface area contributed by atoms with Crippen LogP contribution in [-0.4, -0.2) is 22.6 Å². The summed E-state index contributed by atoms with van der Waals surface area (Å²) in [5, 5.41) is 6.77. The van der Waals surface area contributed by atoms with Gasteiger partial charge in [-0.1, -0.05) is 19.0 Å². The third-order valence-corrected chi connectivity index (χ3v) is 3.41. The van der Waals surface area contributed by atoms with E-state index in [1.54, 1.807) is 0 Å². The molecule has 7 heteroatoms. The summed E-state index contributed by atoms with van der Waals surface area (Å²) < 4.78 is 5.16. The van der Waals surface area contributed by atoms with E-state index in [1.807, 2.05) is 13.8 Å². The summed E-state index contributed by atoms with van der Waals surface area (Å²) in [6, 6.07) is 0. The molecule has 0 saturated heterocycles. The van der Waals surface area contributed by atoms with Crippen molar-refractivity contribution in [2.24, 2.45) is 11.7 Å². The fraction of sp³-hybridized carbons (Fsp3) is 0.769. The van der Waals surface area contributed by atoms with Crippen LogP contribution in [0, 0.1) is 5.92 Å². The molecule has 0 atom stereocenters. The van der Waals surface area contributed by atoms with Gasteiger partial charge in [-0.05, 0) is 25.2 Å². The maximum Gasteiger partial charge on any atom is 0.228 e. The summed E-state index contributed by atoms with van der Waals surface area (Å²) in [5.74, 6) is 1.56. The largest absolute Gasteiger partial charge is 0.356 e. The van der Waals surface area contributed by atoms with Crippen molar-refractivity contribution in [1.29, 1.82) is 0 Å². The SMILES string of the molecule is CC(C)CC(=O)NCCc1nc(C2(N)CCC2)no1.Cl. The summed E-state index contributed by atoms with van der Waals surface area (Å²) in [6.45, 7) is 4.55. The van der Waals surface area contributed by atoms with Crippen molar-refractivity contribution in [2.75, 3.05) is 6.54 Å². The summed E-state index contributed by atoms with van der Waals surface area (Å²) >= 11 is 0. The van der Waals surface area contributed by atoms with Crippen LogP contribution >= 0.6 is 12.4 Å². The van der Waals surface area contributed by atoms with E-state index < -0.39 is 0 Å². The molecule has 1 saturated carbocycles. The molecule has 1 amide bonds. The highest BCUT2D eigenvalue weighted by Gasteiger charge is 2.38. The van der Waals surface area contributed by atoms with Crippen LogP contribution in [0.2, 0.25) is 0 Å². The second kappa shape index (κ2) is 7.04. The lowest BCUT2D eigenvalue weighted by Crippen LogP contribution is -2.44. The Morgan fingerprint density at radius 3 is 2.75 bits per heavy atom. The first-order valence-electron chi connectivity index (χ1n) is 6.88. The lowest BCUT2D eigenvalue weighted by molar-refractivity contribution is -0.121. The zero-order chi connectivity index (χ0) is 13.9. The molecule has 0 bridgehead atoms. The number of halogens is 1. The van der Waals surface area contributed by atoms with E-state index in [9.17, 15) is 4.79 Å². The van der Waals surface area contributed by atoms with Crippen LogP contribution in [0.3, 0.4) is 0 Å². The van der Waals surface area contributed by atoms with E-state index in [0.717, 1.165) is 19.3 Å². The van der Waals surface area contributed by atoms with Crippen LogP contribution < -0.4 is 11.1 Å². The molecule has 0 unspecified atom stereocenters. The van der Waals surface area contributed by atoms with Crippen LogP contribution in [0.5, 0.6) is 0 Å². The number of nitrogens with zero attached hydrogens (tertiary/aromatic N) is 2. The molecular formula is C13H23ClN4O2. The summed E-state index contributed by atoms with van der Waals surface area (Å²) in [7, 11) is 0. The van der Waals surface area contributed by atoms with Gasteiger partial charge in [0.2, 0.25) is 11.8 Å². The number of nitrogens with one attached hydrogen (secondary N) is 1. The van der Waals surface area contributed by atoms with E-state index in [0.29, 0.717) is 37.0 Å². The predicted molar refractivity (Wildman–Crippen MR) is 77.4 cm³/mol. The molecule has 0 spiro atoms. The molecular weight excluding hydrogens is 280 g/mol. The Morgan fingerprint density at radius 1 is 1.50 bits per heavy atom. The predicted octanol–water partition coefficient (Wildman–Crippen LogP) is 1.53. The third-order valence-electron chi connectivity index (χ3n) is 3.41. The Balaban J connectivity index is 0.00000200. The quantitative estimate of drug-likeness (QED) is 0.831. The average Bonchev–Trinajstić information content (AvgIpc) is 2.74. The Bertz CT molecular complexity index is 443. The van der Waals surface area contributed by atoms with Crippen LogP contribution in [0.15, 0.2) is 4.52 Å². The van der Waals surface area contributed by atoms with Gasteiger partial charge >= 0.3 is 0 Å². The smallest absolute Gasteiger partial charge is 0.228 e. The molecule has 1 aliphatic rings. The first-order chi connectivity index (χ1) is 8.99. The number of carbonyl (C=O) groups is 1. The molecule has 0 aliphatic heterocycles. The monoisotopic (exact) mass is 302 g/mol. The van der Waals surface area contributed by atoms with Gasteiger partial charge in [-0.25, -0.2) is 0 Å². The molecule has 3 N–H and O–H groups in total. The summed E-state index contributed by atoms with van der Waals surface area (Å²) in [5.41, 5.74) is 5.73. The Hall–Kier alpha value is -1.14. The van der Waals surface area contributed by atoms with E-state index in [1.165, 1.54) is 0 Å². The molecule has 2 rings (SSSR count). The molecule has 6 nitrogen and oxygen atoms in total. The van der Waals surface area contributed by atoms with Gasteiger partial charge in [0, 0.05) is 19.4 Å². The molecule has 1 fully saturated rings. The summed E-state index contributed by atoms with van der Waals surface area (Å²) in [6.07, 6.45) is 4.04. The molecule has 114 valence electrons. The van der Waals surface area contributed by atoms with Gasteiger partial charge in [0.25, 0.3) is 0 Å². The van der Waals surface area contributed by atoms with Crippen LogP contribution in [0.1, 0.15) is 51.2 Å². The van der Waals surface area contributed by atoms with Crippen LogP contribution in [0.25, 0.3) is 0 Å². The van der Waals surface area contributed by atoms with E-state index in [4.69, 9.17) is 10.3 Å². The van der Waals surface area contributed by atoms with Gasteiger partial charge in [0.1, 0.15) is 0 Å². The average molecular weight is 303 g/mol. The van der Waals surface area contributed by atoms with Crippen molar-refractivity contribution in [3.8, 4) is 0 Å². The highest BCUT2D eigenvalue weighted by molar-refractivity contribution is 5.85. The molecule has 1 aliphatic carbocycles. The van der Waals surface area contributed by atoms with E-state index in [2.05, 4.69) is 15.5 Å². The van der Waals surface area contributed by atoms with Crippen molar-refractivity contribution < 1.29 is 9.32 Å². The van der Waals surface area contributed by atoms with Crippen molar-refractivity contribution in [3.05, 3.63) is 11.7 Å². The highest BCUT2D eigenvalue weighted by Crippen LogP contribution is 2.36. The molecule has 0 aromatic carbocycles. The molecule has 0 radical (unpaired) electrons. The molecule has 1 heterocycles. The number of hydrogen-bond donors (Lipinski definition) is 2. The molecule has 1 aromatic rings. The number of amides is 1. The zero-order valence-corrected chi connectivity index (χ0v) is 12.8. The fourth-order valence-electron chi connectivity index (χ4n) is 2.09. The van der Waals surface area contributed by atoms with Gasteiger partial charge in [0.15, 0.2) is 5.82 Å². The number of carbonyl (C=O) groups excluding carboxylic acids is 1. The lowest BCUT2D eigenvalue weighted by Gasteiger charge is -2.34. The minimum atomic E-state index is -0.386. The van der Waals surface area contributed by atoms with Crippen molar-refractivity contribution >= 4 is 18.3 Å². The Kier molecular flexibility index (Phi) is 5.95.